The molecule has 1 N–H and O–H groups in total. The molecule has 1 amide bonds. The van der Waals surface area contributed by atoms with Crippen LogP contribution in [0.1, 0.15) is 24.5 Å². The molecule has 0 saturated heterocycles. The molecule has 0 aliphatic rings. The number of anilines is 1. The van der Waals surface area contributed by atoms with Gasteiger partial charge in [-0.25, -0.2) is 4.85 Å². The van der Waals surface area contributed by atoms with Crippen LogP contribution in [0.3, 0.4) is 0 Å². The highest BCUT2D eigenvalue weighted by Crippen LogP contribution is 2.53. The van der Waals surface area contributed by atoms with Crippen LogP contribution in [0.15, 0.2) is 12.1 Å². The van der Waals surface area contributed by atoms with Gasteiger partial charge in [-0.15, -0.1) is 0 Å². The quantitative estimate of drug-likeness (QED) is 0.644. The number of aryl methyl sites for hydroxylation is 2. The van der Waals surface area contributed by atoms with E-state index in [1.807, 2.05) is 26.0 Å². The van der Waals surface area contributed by atoms with Gasteiger partial charge in [0.05, 0.1) is 6.57 Å². The first-order valence-corrected chi connectivity index (χ1v) is 10.0. The maximum absolute atomic E-state index is 12.5. The van der Waals surface area contributed by atoms with Gasteiger partial charge >= 0.3 is 0 Å². The Labute approximate surface area is 122 Å². The number of benzene rings is 1. The SMILES string of the molecule is [C-]#[N+]c1cc(C)c(NC(=O)C(CC)[P+](C)(C)C)c(C)c1. The summed E-state index contributed by atoms with van der Waals surface area (Å²) in [6.45, 7) is 19.6. The molecule has 1 unspecified atom stereocenters. The number of amides is 1. The summed E-state index contributed by atoms with van der Waals surface area (Å²) < 4.78 is 0. The predicted octanol–water partition coefficient (Wildman–Crippen LogP) is 4.48. The van der Waals surface area contributed by atoms with Crippen LogP contribution in [-0.4, -0.2) is 31.6 Å². The van der Waals surface area contributed by atoms with E-state index in [2.05, 4.69) is 37.1 Å². The molecule has 0 radical (unpaired) electrons. The first-order valence-electron chi connectivity index (χ1n) is 6.81. The normalized spacial score (nSPS) is 12.7. The monoisotopic (exact) mass is 291 g/mol. The number of nitrogens with zero attached hydrogens (tertiary/aromatic N) is 1. The Morgan fingerprint density at radius 2 is 1.80 bits per heavy atom. The fourth-order valence-electron chi connectivity index (χ4n) is 2.49. The van der Waals surface area contributed by atoms with E-state index in [1.165, 1.54) is 0 Å². The zero-order valence-corrected chi connectivity index (χ0v) is 14.1. The highest BCUT2D eigenvalue weighted by atomic mass is 31.2. The minimum absolute atomic E-state index is 0.0850. The van der Waals surface area contributed by atoms with Crippen LogP contribution in [0.25, 0.3) is 4.85 Å². The summed E-state index contributed by atoms with van der Waals surface area (Å²) in [5.41, 5.74) is 3.46. The van der Waals surface area contributed by atoms with Crippen LogP contribution in [0.2, 0.25) is 0 Å². The van der Waals surface area contributed by atoms with Crippen LogP contribution in [0.4, 0.5) is 11.4 Å². The Bertz CT molecular complexity index is 530. The van der Waals surface area contributed by atoms with E-state index in [1.54, 1.807) is 0 Å². The van der Waals surface area contributed by atoms with Crippen molar-refractivity contribution in [3.8, 4) is 0 Å². The van der Waals surface area contributed by atoms with Crippen LogP contribution in [-0.2, 0) is 4.79 Å². The van der Waals surface area contributed by atoms with E-state index in [0.29, 0.717) is 5.69 Å². The smallest absolute Gasteiger partial charge is 0.264 e. The molecule has 0 aliphatic heterocycles. The molecule has 1 rings (SSSR count). The largest absolute Gasteiger partial charge is 0.322 e. The molecule has 0 heterocycles. The molecule has 0 bridgehead atoms. The fourth-order valence-corrected chi connectivity index (χ4v) is 4.36. The predicted molar refractivity (Wildman–Crippen MR) is 89.6 cm³/mol. The van der Waals surface area contributed by atoms with Crippen molar-refractivity contribution in [3.63, 3.8) is 0 Å². The van der Waals surface area contributed by atoms with Crippen molar-refractivity contribution in [2.24, 2.45) is 0 Å². The number of hydrogen-bond donors (Lipinski definition) is 1. The van der Waals surface area contributed by atoms with E-state index in [4.69, 9.17) is 6.57 Å². The number of hydrogen-bond acceptors (Lipinski definition) is 1. The van der Waals surface area contributed by atoms with Gasteiger partial charge in [-0.3, -0.25) is 4.79 Å². The van der Waals surface area contributed by atoms with E-state index in [0.717, 1.165) is 23.2 Å². The standard InChI is InChI=1S/C16H23N2OP/c1-8-14(20(5,6)7)16(19)18-15-11(2)9-13(17-4)10-12(15)3/h9-10,14H,8H2,1-3,5-7H3/p+1. The minimum Gasteiger partial charge on any atom is -0.322 e. The number of carbonyl (C=O) groups is 1. The minimum atomic E-state index is -1.23. The lowest BCUT2D eigenvalue weighted by molar-refractivity contribution is -0.115. The topological polar surface area (TPSA) is 33.5 Å². The zero-order chi connectivity index (χ0) is 15.5. The molecule has 0 fully saturated rings. The van der Waals surface area contributed by atoms with Crippen molar-refractivity contribution < 1.29 is 4.79 Å². The van der Waals surface area contributed by atoms with Crippen LogP contribution in [0.5, 0.6) is 0 Å². The summed E-state index contributed by atoms with van der Waals surface area (Å²) in [7, 11) is -1.23. The van der Waals surface area contributed by atoms with Crippen molar-refractivity contribution in [3.05, 3.63) is 34.7 Å². The van der Waals surface area contributed by atoms with Crippen molar-refractivity contribution in [2.75, 3.05) is 25.3 Å². The Morgan fingerprint density at radius 3 is 2.15 bits per heavy atom. The first kappa shape index (κ1) is 16.7. The van der Waals surface area contributed by atoms with Gasteiger partial charge in [0, 0.05) is 32.9 Å². The molecule has 3 nitrogen and oxygen atoms in total. The molecule has 0 saturated carbocycles. The summed E-state index contributed by atoms with van der Waals surface area (Å²) in [6, 6.07) is 3.64. The average molecular weight is 291 g/mol. The first-order chi connectivity index (χ1) is 9.20. The van der Waals surface area contributed by atoms with Crippen LogP contribution in [0, 0.1) is 20.4 Å². The highest BCUT2D eigenvalue weighted by molar-refractivity contribution is 7.75. The molecule has 4 heteroatoms. The lowest BCUT2D eigenvalue weighted by Gasteiger charge is -2.23. The molecule has 1 aromatic carbocycles. The Balaban J connectivity index is 3.06. The number of rotatable bonds is 4. The van der Waals surface area contributed by atoms with Crippen molar-refractivity contribution >= 4 is 24.5 Å². The molecule has 108 valence electrons. The summed E-state index contributed by atoms with van der Waals surface area (Å²) in [4.78, 5) is 16.0. The van der Waals surface area contributed by atoms with Crippen molar-refractivity contribution in [1.82, 2.24) is 0 Å². The summed E-state index contributed by atoms with van der Waals surface area (Å²) >= 11 is 0. The Morgan fingerprint density at radius 1 is 1.30 bits per heavy atom. The average Bonchev–Trinajstić information content (AvgIpc) is 2.32. The number of nitrogens with one attached hydrogen (secondary N) is 1. The van der Waals surface area contributed by atoms with Crippen LogP contribution >= 0.6 is 7.26 Å². The zero-order valence-electron chi connectivity index (χ0n) is 13.2. The van der Waals surface area contributed by atoms with Gasteiger partial charge in [0.25, 0.3) is 5.91 Å². The molecule has 20 heavy (non-hydrogen) atoms. The van der Waals surface area contributed by atoms with Gasteiger partial charge in [0.2, 0.25) is 0 Å². The third-order valence-corrected chi connectivity index (χ3v) is 5.99. The van der Waals surface area contributed by atoms with Crippen LogP contribution < -0.4 is 5.32 Å². The van der Waals surface area contributed by atoms with Gasteiger partial charge in [-0.1, -0.05) is 19.1 Å². The van der Waals surface area contributed by atoms with Gasteiger partial charge in [-0.05, 0) is 31.4 Å². The lowest BCUT2D eigenvalue weighted by atomic mass is 10.1. The molecule has 1 aromatic rings. The van der Waals surface area contributed by atoms with E-state index in [-0.39, 0.29) is 11.6 Å². The Hall–Kier alpha value is -1.39. The molecule has 0 aromatic heterocycles. The molecule has 0 aliphatic carbocycles. The summed E-state index contributed by atoms with van der Waals surface area (Å²) in [5, 5.41) is 3.07. The van der Waals surface area contributed by atoms with Gasteiger partial charge in [-0.2, -0.15) is 0 Å². The second kappa shape index (κ2) is 6.37. The molecule has 0 spiro atoms. The van der Waals surface area contributed by atoms with Gasteiger partial charge < -0.3 is 5.32 Å². The van der Waals surface area contributed by atoms with E-state index >= 15 is 0 Å². The molecule has 1 atom stereocenters. The lowest BCUT2D eigenvalue weighted by Crippen LogP contribution is -2.29. The number of carbonyl (C=O) groups excluding carboxylic acids is 1. The van der Waals surface area contributed by atoms with Gasteiger partial charge in [0.15, 0.2) is 5.69 Å². The third-order valence-electron chi connectivity index (χ3n) is 3.52. The summed E-state index contributed by atoms with van der Waals surface area (Å²) in [5.74, 6) is 0.107. The summed E-state index contributed by atoms with van der Waals surface area (Å²) in [6.07, 6.45) is 0.862. The second-order valence-electron chi connectivity index (χ2n) is 6.10. The maximum Gasteiger partial charge on any atom is 0.264 e. The van der Waals surface area contributed by atoms with E-state index in [9.17, 15) is 4.79 Å². The fraction of sp³-hybridized carbons (Fsp3) is 0.500. The molecular weight excluding hydrogens is 267 g/mol. The van der Waals surface area contributed by atoms with Gasteiger partial charge in [0.1, 0.15) is 5.66 Å². The van der Waals surface area contributed by atoms with Crippen molar-refractivity contribution in [2.45, 2.75) is 32.9 Å². The Kier molecular flexibility index (Phi) is 5.31. The third kappa shape index (κ3) is 3.81. The molecular formula is C16H24N2OP+. The van der Waals surface area contributed by atoms with E-state index < -0.39 is 7.26 Å². The second-order valence-corrected chi connectivity index (χ2v) is 11.0. The highest BCUT2D eigenvalue weighted by Gasteiger charge is 2.36. The van der Waals surface area contributed by atoms with Crippen molar-refractivity contribution in [1.29, 1.82) is 0 Å². The maximum atomic E-state index is 12.5.